The second kappa shape index (κ2) is 50.0. The SMILES string of the molecule is CCCCCCC/C=C\C/C=C\CCCCCCCCCCCCCCCCCCCCCCCCCCCCCC(=O)NC(CO)C(O)/C=C/CCCCCCC. The molecule has 0 bridgehead atoms. The molecule has 3 N–H and O–H groups in total. The van der Waals surface area contributed by atoms with Gasteiger partial charge in [0.15, 0.2) is 0 Å². The lowest BCUT2D eigenvalue weighted by Crippen LogP contribution is -2.45. The lowest BCUT2D eigenvalue weighted by Gasteiger charge is -2.20. The number of carbonyl (C=O) groups is 1. The molecule has 0 spiro atoms. The van der Waals surface area contributed by atoms with Gasteiger partial charge in [0.25, 0.3) is 0 Å². The van der Waals surface area contributed by atoms with Crippen LogP contribution in [0.5, 0.6) is 0 Å². The van der Waals surface area contributed by atoms with Crippen LogP contribution in [0.3, 0.4) is 0 Å². The third-order valence-electron chi connectivity index (χ3n) is 12.1. The van der Waals surface area contributed by atoms with Gasteiger partial charge in [-0.15, -0.1) is 0 Å². The normalized spacial score (nSPS) is 13.1. The number of allylic oxidation sites excluding steroid dienone is 5. The van der Waals surface area contributed by atoms with Crippen LogP contribution < -0.4 is 5.32 Å². The summed E-state index contributed by atoms with van der Waals surface area (Å²) in [6.07, 6.45) is 67.6. The van der Waals surface area contributed by atoms with Crippen LogP contribution in [0.2, 0.25) is 0 Å². The highest BCUT2D eigenvalue weighted by Crippen LogP contribution is 2.17. The van der Waals surface area contributed by atoms with Gasteiger partial charge in [0.05, 0.1) is 18.8 Å². The van der Waals surface area contributed by atoms with Crippen molar-refractivity contribution in [2.75, 3.05) is 6.61 Å². The predicted molar refractivity (Wildman–Crippen MR) is 258 cm³/mol. The first-order valence-electron chi connectivity index (χ1n) is 26.2. The Kier molecular flexibility index (Phi) is 48.8. The van der Waals surface area contributed by atoms with Gasteiger partial charge in [-0.25, -0.2) is 0 Å². The highest BCUT2D eigenvalue weighted by atomic mass is 16.3. The molecule has 0 aliphatic heterocycles. The van der Waals surface area contributed by atoms with E-state index < -0.39 is 12.1 Å². The van der Waals surface area contributed by atoms with Crippen molar-refractivity contribution in [2.24, 2.45) is 0 Å². The quantitative estimate of drug-likeness (QED) is 0.0423. The summed E-state index contributed by atoms with van der Waals surface area (Å²) in [5.41, 5.74) is 0. The molecule has 0 aromatic rings. The minimum atomic E-state index is -0.833. The Labute approximate surface area is 363 Å². The molecular formula is C54H103NO3. The molecule has 0 fully saturated rings. The van der Waals surface area contributed by atoms with E-state index in [2.05, 4.69) is 43.5 Å². The molecule has 0 aromatic carbocycles. The lowest BCUT2D eigenvalue weighted by atomic mass is 10.0. The molecule has 58 heavy (non-hydrogen) atoms. The van der Waals surface area contributed by atoms with Crippen molar-refractivity contribution >= 4 is 5.91 Å². The number of hydrogen-bond acceptors (Lipinski definition) is 3. The van der Waals surface area contributed by atoms with Gasteiger partial charge in [0.2, 0.25) is 5.91 Å². The van der Waals surface area contributed by atoms with E-state index in [1.54, 1.807) is 6.08 Å². The Morgan fingerprint density at radius 3 is 1.03 bits per heavy atom. The van der Waals surface area contributed by atoms with Crippen LogP contribution >= 0.6 is 0 Å². The molecule has 0 aromatic heterocycles. The Morgan fingerprint density at radius 1 is 0.414 bits per heavy atom. The molecule has 0 radical (unpaired) electrons. The molecule has 4 nitrogen and oxygen atoms in total. The van der Waals surface area contributed by atoms with Crippen molar-refractivity contribution < 1.29 is 15.0 Å². The van der Waals surface area contributed by atoms with Gasteiger partial charge in [0.1, 0.15) is 0 Å². The highest BCUT2D eigenvalue weighted by molar-refractivity contribution is 5.76. The van der Waals surface area contributed by atoms with E-state index in [1.807, 2.05) is 6.08 Å². The topological polar surface area (TPSA) is 69.6 Å². The summed E-state index contributed by atoms with van der Waals surface area (Å²) in [5, 5.41) is 22.8. The Balaban J connectivity index is 3.31. The number of hydrogen-bond donors (Lipinski definition) is 3. The largest absolute Gasteiger partial charge is 0.394 e. The van der Waals surface area contributed by atoms with Crippen LogP contribution in [0.15, 0.2) is 36.5 Å². The first kappa shape index (κ1) is 56.6. The van der Waals surface area contributed by atoms with Crippen molar-refractivity contribution in [2.45, 2.75) is 296 Å². The van der Waals surface area contributed by atoms with E-state index >= 15 is 0 Å². The molecule has 0 rings (SSSR count). The highest BCUT2D eigenvalue weighted by Gasteiger charge is 2.18. The molecule has 4 heteroatoms. The molecule has 0 aliphatic rings. The number of aliphatic hydroxyl groups is 2. The molecule has 0 saturated heterocycles. The molecule has 2 unspecified atom stereocenters. The van der Waals surface area contributed by atoms with Gasteiger partial charge in [-0.3, -0.25) is 4.79 Å². The fourth-order valence-electron chi connectivity index (χ4n) is 8.09. The minimum Gasteiger partial charge on any atom is -0.394 e. The summed E-state index contributed by atoms with van der Waals surface area (Å²) < 4.78 is 0. The van der Waals surface area contributed by atoms with E-state index in [0.29, 0.717) is 6.42 Å². The average Bonchev–Trinajstić information content (AvgIpc) is 3.23. The van der Waals surface area contributed by atoms with Gasteiger partial charge in [0, 0.05) is 6.42 Å². The van der Waals surface area contributed by atoms with Gasteiger partial charge >= 0.3 is 0 Å². The Bertz CT molecular complexity index is 882. The van der Waals surface area contributed by atoms with Crippen molar-refractivity contribution in [3.05, 3.63) is 36.5 Å². The third kappa shape index (κ3) is 45.7. The molecule has 2 atom stereocenters. The summed E-state index contributed by atoms with van der Waals surface area (Å²) in [5.74, 6) is -0.0642. The van der Waals surface area contributed by atoms with Crippen LogP contribution in [0, 0.1) is 0 Å². The zero-order chi connectivity index (χ0) is 42.1. The maximum absolute atomic E-state index is 12.3. The first-order chi connectivity index (χ1) is 28.7. The van der Waals surface area contributed by atoms with Gasteiger partial charge < -0.3 is 15.5 Å². The zero-order valence-corrected chi connectivity index (χ0v) is 39.3. The number of nitrogens with one attached hydrogen (secondary N) is 1. The summed E-state index contributed by atoms with van der Waals surface area (Å²) in [6.45, 7) is 4.25. The second-order valence-corrected chi connectivity index (χ2v) is 17.9. The van der Waals surface area contributed by atoms with E-state index in [4.69, 9.17) is 0 Å². The minimum absolute atomic E-state index is 0.0642. The summed E-state index contributed by atoms with van der Waals surface area (Å²) in [7, 11) is 0. The molecule has 342 valence electrons. The fourth-order valence-corrected chi connectivity index (χ4v) is 8.09. The smallest absolute Gasteiger partial charge is 0.220 e. The van der Waals surface area contributed by atoms with Crippen LogP contribution in [-0.4, -0.2) is 34.9 Å². The van der Waals surface area contributed by atoms with E-state index in [1.165, 1.54) is 231 Å². The third-order valence-corrected chi connectivity index (χ3v) is 12.1. The first-order valence-corrected chi connectivity index (χ1v) is 26.2. The summed E-state index contributed by atoms with van der Waals surface area (Å²) in [6, 6.07) is -0.616. The number of aliphatic hydroxyl groups excluding tert-OH is 2. The molecule has 0 saturated carbocycles. The van der Waals surface area contributed by atoms with Crippen molar-refractivity contribution in [3.63, 3.8) is 0 Å². The number of carbonyl (C=O) groups excluding carboxylic acids is 1. The number of unbranched alkanes of at least 4 members (excludes halogenated alkanes) is 37. The lowest BCUT2D eigenvalue weighted by molar-refractivity contribution is -0.123. The standard InChI is InChI=1S/C54H103NO3/c1-3-5-7-9-11-12-13-14-15-16-17-18-19-20-21-22-23-24-25-26-27-28-29-30-31-32-33-34-35-36-37-38-39-40-41-42-44-46-48-50-54(58)55-52(51-56)53(57)49-47-45-43-10-8-6-4-2/h13-14,16-17,47,49,52-53,56-57H,3-12,15,18-46,48,50-51H2,1-2H3,(H,55,58)/b14-13-,17-16-,49-47+. The van der Waals surface area contributed by atoms with Crippen LogP contribution in [0.1, 0.15) is 284 Å². The fraction of sp³-hybridized carbons (Fsp3) is 0.870. The Hall–Kier alpha value is -1.39. The van der Waals surface area contributed by atoms with Gasteiger partial charge in [-0.05, 0) is 51.4 Å². The van der Waals surface area contributed by atoms with Gasteiger partial charge in [-0.2, -0.15) is 0 Å². The van der Waals surface area contributed by atoms with E-state index in [0.717, 1.165) is 32.1 Å². The molecule has 1 amide bonds. The van der Waals surface area contributed by atoms with Gasteiger partial charge in [-0.1, -0.05) is 262 Å². The number of rotatable bonds is 48. The second-order valence-electron chi connectivity index (χ2n) is 17.9. The summed E-state index contributed by atoms with van der Waals surface area (Å²) in [4.78, 5) is 12.3. The van der Waals surface area contributed by atoms with Crippen LogP contribution in [0.25, 0.3) is 0 Å². The maximum Gasteiger partial charge on any atom is 0.220 e. The maximum atomic E-state index is 12.3. The van der Waals surface area contributed by atoms with Crippen molar-refractivity contribution in [1.82, 2.24) is 5.32 Å². The zero-order valence-electron chi connectivity index (χ0n) is 39.3. The monoisotopic (exact) mass is 814 g/mol. The average molecular weight is 814 g/mol. The predicted octanol–water partition coefficient (Wildman–Crippen LogP) is 16.9. The van der Waals surface area contributed by atoms with Crippen LogP contribution in [0.4, 0.5) is 0 Å². The number of amides is 1. The Morgan fingerprint density at radius 2 is 0.707 bits per heavy atom. The van der Waals surface area contributed by atoms with Crippen molar-refractivity contribution in [3.8, 4) is 0 Å². The summed E-state index contributed by atoms with van der Waals surface area (Å²) >= 11 is 0. The molecule has 0 heterocycles. The molecule has 0 aliphatic carbocycles. The van der Waals surface area contributed by atoms with E-state index in [9.17, 15) is 15.0 Å². The van der Waals surface area contributed by atoms with Crippen LogP contribution in [-0.2, 0) is 4.79 Å². The van der Waals surface area contributed by atoms with E-state index in [-0.39, 0.29) is 12.5 Å². The molecular weight excluding hydrogens is 711 g/mol. The van der Waals surface area contributed by atoms with Crippen molar-refractivity contribution in [1.29, 1.82) is 0 Å².